The molecular weight excluding hydrogens is 443 g/mol. The van der Waals surface area contributed by atoms with Crippen molar-refractivity contribution < 1.29 is 27.6 Å². The molecule has 1 saturated carbocycles. The van der Waals surface area contributed by atoms with Gasteiger partial charge in [0.25, 0.3) is 5.91 Å². The Hall–Kier alpha value is -2.63. The Bertz CT molecular complexity index is 883. The minimum absolute atomic E-state index is 0.0406. The summed E-state index contributed by atoms with van der Waals surface area (Å²) < 4.78 is 43.9. The number of nitrogens with one attached hydrogen (secondary N) is 2. The fraction of sp³-hybridized carbons (Fsp3) is 0.714. The molecule has 1 aromatic rings. The second-order valence-corrected chi connectivity index (χ2v) is 9.36. The summed E-state index contributed by atoms with van der Waals surface area (Å²) in [6.07, 6.45) is -3.36. The van der Waals surface area contributed by atoms with Crippen LogP contribution in [0.4, 0.5) is 30.5 Å². The first-order valence-electron chi connectivity index (χ1n) is 10.9. The molecular formula is C21H30F3N5O4. The normalized spacial score (nSPS) is 22.2. The molecule has 33 heavy (non-hydrogen) atoms. The molecule has 0 spiro atoms. The first-order valence-corrected chi connectivity index (χ1v) is 10.9. The number of nitrogens with zero attached hydrogens (tertiary/aromatic N) is 3. The minimum Gasteiger partial charge on any atom is -0.380 e. The maximum Gasteiger partial charge on any atom is 0.391 e. The smallest absolute Gasteiger partial charge is 0.380 e. The first kappa shape index (κ1) is 25.0. The van der Waals surface area contributed by atoms with E-state index in [0.717, 1.165) is 0 Å². The third kappa shape index (κ3) is 5.84. The Balaban J connectivity index is 1.76. The van der Waals surface area contributed by atoms with Gasteiger partial charge in [0.15, 0.2) is 0 Å². The van der Waals surface area contributed by atoms with E-state index < -0.39 is 22.9 Å². The molecule has 0 unspecified atom stereocenters. The summed E-state index contributed by atoms with van der Waals surface area (Å²) in [5.74, 6) is -1.57. The number of anilines is 2. The minimum atomic E-state index is -4.19. The number of carbonyl (C=O) groups excluding carboxylic acids is 1. The van der Waals surface area contributed by atoms with E-state index in [4.69, 9.17) is 4.74 Å². The Morgan fingerprint density at radius 2 is 1.97 bits per heavy atom. The lowest BCUT2D eigenvalue weighted by Gasteiger charge is -2.41. The molecule has 184 valence electrons. The number of hydrogen-bond donors (Lipinski definition) is 2. The van der Waals surface area contributed by atoms with Gasteiger partial charge >= 0.3 is 11.9 Å². The lowest BCUT2D eigenvalue weighted by molar-refractivity contribution is -0.384. The molecule has 2 aliphatic rings. The van der Waals surface area contributed by atoms with Gasteiger partial charge < -0.3 is 20.3 Å². The Labute approximate surface area is 190 Å². The van der Waals surface area contributed by atoms with E-state index in [1.807, 2.05) is 6.92 Å². The molecule has 9 nitrogen and oxygen atoms in total. The fourth-order valence-corrected chi connectivity index (χ4v) is 4.49. The van der Waals surface area contributed by atoms with E-state index >= 15 is 0 Å². The van der Waals surface area contributed by atoms with E-state index in [2.05, 4.69) is 15.6 Å². The lowest BCUT2D eigenvalue weighted by Crippen LogP contribution is -2.48. The van der Waals surface area contributed by atoms with Gasteiger partial charge in [-0.1, -0.05) is 6.92 Å². The van der Waals surface area contributed by atoms with Crippen LogP contribution in [0.1, 0.15) is 43.0 Å². The van der Waals surface area contributed by atoms with Gasteiger partial charge in [0, 0.05) is 38.7 Å². The van der Waals surface area contributed by atoms with Crippen LogP contribution >= 0.6 is 0 Å². The Morgan fingerprint density at radius 3 is 2.45 bits per heavy atom. The number of halogens is 3. The number of aromatic nitrogens is 1. The standard InChI is InChI=1S/C21H30F3N5O4/c1-20(11-33-12-20)10-28(3)18-15(8-16(29(31)32)17(25-2)27-18)19(30)26-9-13-4-6-14(7-5-13)21(22,23)24/h8,13-14H,4-7,9-12H2,1-3H3,(H,25,27)(H,26,30). The van der Waals surface area contributed by atoms with E-state index in [9.17, 15) is 28.1 Å². The van der Waals surface area contributed by atoms with Gasteiger partial charge in [0.1, 0.15) is 5.82 Å². The average molecular weight is 473 g/mol. The van der Waals surface area contributed by atoms with Crippen molar-refractivity contribution in [2.24, 2.45) is 17.3 Å². The van der Waals surface area contributed by atoms with Crippen molar-refractivity contribution in [3.05, 3.63) is 21.7 Å². The third-order valence-corrected chi connectivity index (χ3v) is 6.40. The number of nitro groups is 1. The number of pyridine rings is 1. The van der Waals surface area contributed by atoms with Gasteiger partial charge in [0.05, 0.1) is 29.6 Å². The summed E-state index contributed by atoms with van der Waals surface area (Å²) in [4.78, 5) is 30.1. The predicted molar refractivity (Wildman–Crippen MR) is 116 cm³/mol. The van der Waals surface area contributed by atoms with Gasteiger partial charge in [-0.3, -0.25) is 14.9 Å². The maximum atomic E-state index is 13.0. The van der Waals surface area contributed by atoms with Crippen LogP contribution in [-0.2, 0) is 4.74 Å². The molecule has 2 N–H and O–H groups in total. The van der Waals surface area contributed by atoms with Crippen LogP contribution in [0.25, 0.3) is 0 Å². The number of hydrogen-bond acceptors (Lipinski definition) is 7. The molecule has 1 aromatic heterocycles. The summed E-state index contributed by atoms with van der Waals surface area (Å²) in [5.41, 5.74) is -0.400. The summed E-state index contributed by atoms with van der Waals surface area (Å²) >= 11 is 0. The largest absolute Gasteiger partial charge is 0.391 e. The third-order valence-electron chi connectivity index (χ3n) is 6.40. The monoisotopic (exact) mass is 473 g/mol. The highest BCUT2D eigenvalue weighted by molar-refractivity contribution is 6.00. The summed E-state index contributed by atoms with van der Waals surface area (Å²) in [5, 5.41) is 17.0. The van der Waals surface area contributed by atoms with Gasteiger partial charge in [-0.2, -0.15) is 13.2 Å². The van der Waals surface area contributed by atoms with Crippen molar-refractivity contribution in [1.82, 2.24) is 10.3 Å². The van der Waals surface area contributed by atoms with Crippen LogP contribution in [0.15, 0.2) is 6.07 Å². The fourth-order valence-electron chi connectivity index (χ4n) is 4.49. The van der Waals surface area contributed by atoms with E-state index in [-0.39, 0.29) is 53.6 Å². The number of amides is 1. The highest BCUT2D eigenvalue weighted by atomic mass is 19.4. The predicted octanol–water partition coefficient (Wildman–Crippen LogP) is 3.60. The topological polar surface area (TPSA) is 110 Å². The quantitative estimate of drug-likeness (QED) is 0.439. The van der Waals surface area contributed by atoms with Gasteiger partial charge in [-0.25, -0.2) is 4.98 Å². The van der Waals surface area contributed by atoms with Crippen molar-refractivity contribution in [1.29, 1.82) is 0 Å². The van der Waals surface area contributed by atoms with Crippen molar-refractivity contribution in [2.75, 3.05) is 50.6 Å². The molecule has 1 amide bonds. The van der Waals surface area contributed by atoms with Crippen LogP contribution in [0.5, 0.6) is 0 Å². The van der Waals surface area contributed by atoms with Crippen LogP contribution in [0, 0.1) is 27.4 Å². The summed E-state index contributed by atoms with van der Waals surface area (Å²) in [6.45, 7) is 3.90. The van der Waals surface area contributed by atoms with Crippen molar-refractivity contribution in [3.8, 4) is 0 Å². The molecule has 1 aliphatic carbocycles. The molecule has 0 radical (unpaired) electrons. The number of alkyl halides is 3. The number of rotatable bonds is 8. The van der Waals surface area contributed by atoms with Crippen LogP contribution in [0.2, 0.25) is 0 Å². The highest BCUT2D eigenvalue weighted by Gasteiger charge is 2.41. The molecule has 0 bridgehead atoms. The van der Waals surface area contributed by atoms with E-state index in [0.29, 0.717) is 32.6 Å². The molecule has 1 saturated heterocycles. The zero-order valence-corrected chi connectivity index (χ0v) is 19.0. The molecule has 12 heteroatoms. The maximum absolute atomic E-state index is 13.0. The molecule has 0 atom stereocenters. The molecule has 3 rings (SSSR count). The van der Waals surface area contributed by atoms with Crippen LogP contribution < -0.4 is 15.5 Å². The number of carbonyl (C=O) groups is 1. The van der Waals surface area contributed by atoms with Crippen LogP contribution in [0.3, 0.4) is 0 Å². The first-order chi connectivity index (χ1) is 15.4. The SMILES string of the molecule is CNc1nc(N(C)CC2(C)COC2)c(C(=O)NCC2CCC(C(F)(F)F)CC2)cc1[N+](=O)[O-]. The Kier molecular flexibility index (Phi) is 7.35. The lowest BCUT2D eigenvalue weighted by atomic mass is 9.81. The Morgan fingerprint density at radius 1 is 1.33 bits per heavy atom. The summed E-state index contributed by atoms with van der Waals surface area (Å²) in [6, 6.07) is 1.19. The zero-order chi connectivity index (χ0) is 24.4. The van der Waals surface area contributed by atoms with Crippen molar-refractivity contribution >= 4 is 23.2 Å². The van der Waals surface area contributed by atoms with Crippen LogP contribution in [-0.4, -0.2) is 62.4 Å². The van der Waals surface area contributed by atoms with Crippen molar-refractivity contribution in [3.63, 3.8) is 0 Å². The molecule has 1 aliphatic heterocycles. The average Bonchev–Trinajstić information content (AvgIpc) is 2.74. The second kappa shape index (κ2) is 9.70. The second-order valence-electron chi connectivity index (χ2n) is 9.36. The van der Waals surface area contributed by atoms with Gasteiger partial charge in [0.2, 0.25) is 5.82 Å². The highest BCUT2D eigenvalue weighted by Crippen LogP contribution is 2.39. The zero-order valence-electron chi connectivity index (χ0n) is 19.0. The van der Waals surface area contributed by atoms with Crippen molar-refractivity contribution in [2.45, 2.75) is 38.8 Å². The molecule has 0 aromatic carbocycles. The van der Waals surface area contributed by atoms with E-state index in [1.165, 1.54) is 13.1 Å². The van der Waals surface area contributed by atoms with E-state index in [1.54, 1.807) is 11.9 Å². The summed E-state index contributed by atoms with van der Waals surface area (Å²) in [7, 11) is 3.27. The number of ether oxygens (including phenoxy) is 1. The van der Waals surface area contributed by atoms with Gasteiger partial charge in [-0.05, 0) is 31.6 Å². The van der Waals surface area contributed by atoms with Gasteiger partial charge in [-0.15, -0.1) is 0 Å². The molecule has 2 heterocycles. The molecule has 2 fully saturated rings.